The van der Waals surface area contributed by atoms with Gasteiger partial charge in [-0.15, -0.1) is 0 Å². The predicted octanol–water partition coefficient (Wildman–Crippen LogP) is 3.77. The van der Waals surface area contributed by atoms with E-state index in [0.29, 0.717) is 29.9 Å². The van der Waals surface area contributed by atoms with Crippen LogP contribution in [0.25, 0.3) is 5.69 Å². The molecule has 196 valence electrons. The summed E-state index contributed by atoms with van der Waals surface area (Å²) in [5.41, 5.74) is 1.20. The van der Waals surface area contributed by atoms with Crippen molar-refractivity contribution in [3.8, 4) is 11.4 Å². The van der Waals surface area contributed by atoms with Gasteiger partial charge < -0.3 is 9.64 Å². The van der Waals surface area contributed by atoms with Crippen LogP contribution in [-0.4, -0.2) is 53.9 Å². The summed E-state index contributed by atoms with van der Waals surface area (Å²) < 4.78 is 62.6. The zero-order valence-electron chi connectivity index (χ0n) is 20.5. The average Bonchev–Trinajstić information content (AvgIpc) is 3.20. The van der Waals surface area contributed by atoms with E-state index in [9.17, 15) is 22.0 Å². The smallest absolute Gasteiger partial charge is 0.316 e. The first-order valence-electron chi connectivity index (χ1n) is 12.2. The van der Waals surface area contributed by atoms with Gasteiger partial charge in [0, 0.05) is 32.6 Å². The molecule has 1 saturated heterocycles. The molecule has 5 rings (SSSR count). The van der Waals surface area contributed by atoms with Crippen LogP contribution in [0, 0.1) is 5.82 Å². The van der Waals surface area contributed by atoms with E-state index in [1.165, 1.54) is 28.7 Å². The third kappa shape index (κ3) is 4.73. The van der Waals surface area contributed by atoms with Crippen molar-refractivity contribution >= 4 is 15.7 Å². The van der Waals surface area contributed by atoms with Gasteiger partial charge in [-0.3, -0.25) is 4.79 Å². The lowest BCUT2D eigenvalue weighted by Crippen LogP contribution is -2.50. The fraction of sp³-hybridized carbons (Fsp3) is 0.385. The van der Waals surface area contributed by atoms with E-state index < -0.39 is 38.9 Å². The van der Waals surface area contributed by atoms with Crippen molar-refractivity contribution < 1.29 is 21.9 Å². The maximum Gasteiger partial charge on any atom is 0.316 e. The topological polar surface area (TPSA) is 84.7 Å². The Morgan fingerprint density at radius 2 is 1.73 bits per heavy atom. The number of piperazine rings is 1. The number of hydrogen-bond acceptors (Lipinski definition) is 6. The second-order valence-corrected chi connectivity index (χ2v) is 12.0. The van der Waals surface area contributed by atoms with Gasteiger partial charge in [-0.1, -0.05) is 30.3 Å². The minimum absolute atomic E-state index is 0.0340. The zero-order chi connectivity index (χ0) is 26.3. The number of hydrogen-bond donors (Lipinski definition) is 0. The molecule has 2 heterocycles. The second kappa shape index (κ2) is 9.86. The molecule has 2 aromatic carbocycles. The van der Waals surface area contributed by atoms with Gasteiger partial charge in [0.15, 0.2) is 0 Å². The number of benzene rings is 2. The molecule has 0 N–H and O–H groups in total. The van der Waals surface area contributed by atoms with Crippen molar-refractivity contribution in [1.82, 2.24) is 14.1 Å². The zero-order valence-corrected chi connectivity index (χ0v) is 21.4. The Balaban J connectivity index is 1.52. The standard InChI is InChI=1S/C26H28F2N4O4S/c1-17(2)37(34,35)31-12-10-30(11-13-31)23-16-29-32(19-7-5-6-18(27)14-19)26(33)25(23)36-24-15-22(28)20-8-3-4-9-21(20)24/h3-9,14,16-17,22,24H,10-13,15H2,1-2H3. The van der Waals surface area contributed by atoms with Gasteiger partial charge in [-0.2, -0.15) is 14.1 Å². The van der Waals surface area contributed by atoms with Crippen LogP contribution in [-0.2, 0) is 10.0 Å². The molecule has 2 atom stereocenters. The third-order valence-electron chi connectivity index (χ3n) is 6.86. The molecular weight excluding hydrogens is 502 g/mol. The summed E-state index contributed by atoms with van der Waals surface area (Å²) >= 11 is 0. The maximum atomic E-state index is 14.7. The lowest BCUT2D eigenvalue weighted by molar-refractivity contribution is 0.171. The molecule has 2 aliphatic rings. The SMILES string of the molecule is CC(C)S(=O)(=O)N1CCN(c2cnn(-c3cccc(F)c3)c(=O)c2OC2CC(F)c3ccccc32)CC1. The molecule has 8 nitrogen and oxygen atoms in total. The molecule has 0 radical (unpaired) electrons. The van der Waals surface area contributed by atoms with Crippen LogP contribution in [0.15, 0.2) is 59.5 Å². The van der Waals surface area contributed by atoms with Crippen LogP contribution in [0.1, 0.15) is 43.7 Å². The second-order valence-electron chi connectivity index (χ2n) is 9.47. The van der Waals surface area contributed by atoms with Crippen LogP contribution >= 0.6 is 0 Å². The van der Waals surface area contributed by atoms with E-state index in [0.717, 1.165) is 4.68 Å². The first-order chi connectivity index (χ1) is 17.7. The number of halogens is 2. The number of anilines is 1. The van der Waals surface area contributed by atoms with E-state index in [2.05, 4.69) is 5.10 Å². The van der Waals surface area contributed by atoms with Gasteiger partial charge >= 0.3 is 5.56 Å². The minimum atomic E-state index is -3.41. The largest absolute Gasteiger partial charge is 0.478 e. The normalized spacial score (nSPS) is 20.3. The number of nitrogens with zero attached hydrogens (tertiary/aromatic N) is 4. The molecule has 37 heavy (non-hydrogen) atoms. The molecule has 3 aromatic rings. The summed E-state index contributed by atoms with van der Waals surface area (Å²) in [6.45, 7) is 4.40. The summed E-state index contributed by atoms with van der Waals surface area (Å²) in [5, 5.41) is 3.73. The Kier molecular flexibility index (Phi) is 6.76. The first kappa shape index (κ1) is 25.3. The summed E-state index contributed by atoms with van der Waals surface area (Å²) in [4.78, 5) is 15.5. The lowest BCUT2D eigenvalue weighted by atomic mass is 10.1. The van der Waals surface area contributed by atoms with Crippen LogP contribution < -0.4 is 15.2 Å². The molecule has 1 aliphatic heterocycles. The quantitative estimate of drug-likeness (QED) is 0.483. The fourth-order valence-corrected chi connectivity index (χ4v) is 6.09. The summed E-state index contributed by atoms with van der Waals surface area (Å²) in [6.07, 6.45) is -0.395. The van der Waals surface area contributed by atoms with Gasteiger partial charge in [0.2, 0.25) is 15.8 Å². The van der Waals surface area contributed by atoms with Crippen LogP contribution in [0.3, 0.4) is 0 Å². The van der Waals surface area contributed by atoms with Crippen molar-refractivity contribution in [2.24, 2.45) is 0 Å². The molecule has 1 fully saturated rings. The Morgan fingerprint density at radius 3 is 2.41 bits per heavy atom. The Labute approximate surface area is 214 Å². The van der Waals surface area contributed by atoms with E-state index in [1.807, 2.05) is 4.90 Å². The van der Waals surface area contributed by atoms with Gasteiger partial charge in [0.25, 0.3) is 0 Å². The van der Waals surface area contributed by atoms with E-state index in [1.54, 1.807) is 44.2 Å². The van der Waals surface area contributed by atoms with Crippen molar-refractivity contribution in [2.75, 3.05) is 31.1 Å². The molecular formula is C26H28F2N4O4S. The van der Waals surface area contributed by atoms with Crippen molar-refractivity contribution in [3.63, 3.8) is 0 Å². The number of rotatable bonds is 6. The van der Waals surface area contributed by atoms with E-state index in [-0.39, 0.29) is 30.9 Å². The minimum Gasteiger partial charge on any atom is -0.478 e. The number of ether oxygens (including phenoxy) is 1. The molecule has 0 bridgehead atoms. The van der Waals surface area contributed by atoms with Gasteiger partial charge in [-0.25, -0.2) is 17.2 Å². The molecule has 1 aromatic heterocycles. The Morgan fingerprint density at radius 1 is 1.03 bits per heavy atom. The molecule has 0 spiro atoms. The number of fused-ring (bicyclic) bond motifs is 1. The van der Waals surface area contributed by atoms with E-state index >= 15 is 0 Å². The summed E-state index contributed by atoms with van der Waals surface area (Å²) in [5.74, 6) is -0.557. The highest BCUT2D eigenvalue weighted by Crippen LogP contribution is 2.44. The van der Waals surface area contributed by atoms with Gasteiger partial charge in [0.1, 0.15) is 23.8 Å². The summed E-state index contributed by atoms with van der Waals surface area (Å²) in [6, 6.07) is 12.5. The number of sulfonamides is 1. The van der Waals surface area contributed by atoms with Crippen LogP contribution in [0.4, 0.5) is 14.5 Å². The molecule has 2 unspecified atom stereocenters. The van der Waals surface area contributed by atoms with Crippen molar-refractivity contribution in [1.29, 1.82) is 0 Å². The van der Waals surface area contributed by atoms with Crippen LogP contribution in [0.5, 0.6) is 5.75 Å². The third-order valence-corrected chi connectivity index (χ3v) is 9.14. The molecule has 11 heteroatoms. The molecule has 0 saturated carbocycles. The fourth-order valence-electron chi connectivity index (χ4n) is 4.82. The van der Waals surface area contributed by atoms with Crippen LogP contribution in [0.2, 0.25) is 0 Å². The number of alkyl halides is 1. The monoisotopic (exact) mass is 530 g/mol. The predicted molar refractivity (Wildman–Crippen MR) is 136 cm³/mol. The molecule has 1 aliphatic carbocycles. The Hall–Kier alpha value is -3.31. The highest BCUT2D eigenvalue weighted by molar-refractivity contribution is 7.89. The van der Waals surface area contributed by atoms with Crippen molar-refractivity contribution in [3.05, 3.63) is 82.0 Å². The number of aromatic nitrogens is 2. The van der Waals surface area contributed by atoms with Crippen molar-refractivity contribution in [2.45, 2.75) is 37.8 Å². The highest BCUT2D eigenvalue weighted by atomic mass is 32.2. The highest BCUT2D eigenvalue weighted by Gasteiger charge is 2.35. The van der Waals surface area contributed by atoms with Gasteiger partial charge in [-0.05, 0) is 43.2 Å². The van der Waals surface area contributed by atoms with Gasteiger partial charge in [0.05, 0.1) is 17.1 Å². The summed E-state index contributed by atoms with van der Waals surface area (Å²) in [7, 11) is -3.41. The maximum absolute atomic E-state index is 14.7. The molecule has 0 amide bonds. The average molecular weight is 531 g/mol. The Bertz CT molecular complexity index is 1470. The lowest BCUT2D eigenvalue weighted by Gasteiger charge is -2.36. The van der Waals surface area contributed by atoms with E-state index in [4.69, 9.17) is 4.74 Å². The first-order valence-corrected chi connectivity index (χ1v) is 13.7.